The molecule has 0 bridgehead atoms. The largest absolute Gasteiger partial charge is 0.311 e. The fourth-order valence-corrected chi connectivity index (χ4v) is 5.86. The summed E-state index contributed by atoms with van der Waals surface area (Å²) in [5.41, 5.74) is 3.65. The van der Waals surface area contributed by atoms with Crippen LogP contribution in [0.4, 0.5) is 14.5 Å². The summed E-state index contributed by atoms with van der Waals surface area (Å²) < 4.78 is 26.8. The van der Waals surface area contributed by atoms with Gasteiger partial charge >= 0.3 is 0 Å². The molecule has 2 amide bonds. The van der Waals surface area contributed by atoms with Gasteiger partial charge in [0.25, 0.3) is 11.8 Å². The van der Waals surface area contributed by atoms with Gasteiger partial charge in [-0.1, -0.05) is 29.8 Å². The molecule has 1 saturated heterocycles. The Labute approximate surface area is 188 Å². The predicted molar refractivity (Wildman–Crippen MR) is 120 cm³/mol. The van der Waals surface area contributed by atoms with Crippen LogP contribution in [0.1, 0.15) is 27.0 Å². The molecule has 3 aromatic carbocycles. The summed E-state index contributed by atoms with van der Waals surface area (Å²) in [6.45, 7) is 2.63. The fourth-order valence-electron chi connectivity index (χ4n) is 4.41. The van der Waals surface area contributed by atoms with Crippen molar-refractivity contribution in [2.24, 2.45) is 0 Å². The first-order chi connectivity index (χ1) is 15.4. The van der Waals surface area contributed by atoms with Crippen molar-refractivity contribution in [1.29, 1.82) is 0 Å². The molecular weight excluding hydrogens is 430 g/mol. The molecule has 2 aliphatic heterocycles. The van der Waals surface area contributed by atoms with E-state index in [0.29, 0.717) is 17.9 Å². The molecule has 2 heterocycles. The third-order valence-corrected chi connectivity index (χ3v) is 7.36. The molecule has 0 aromatic heterocycles. The number of aryl methyl sites for hydroxylation is 1. The van der Waals surface area contributed by atoms with Crippen LogP contribution in [-0.4, -0.2) is 29.0 Å². The number of nitrogens with zero attached hydrogens (tertiary/aromatic N) is 2. The van der Waals surface area contributed by atoms with E-state index in [-0.39, 0.29) is 24.2 Å². The van der Waals surface area contributed by atoms with Gasteiger partial charge in [0.15, 0.2) is 4.87 Å². The maximum Gasteiger partial charge on any atom is 0.268 e. The minimum atomic E-state index is -1.17. The Balaban J connectivity index is 1.58. The van der Waals surface area contributed by atoms with Gasteiger partial charge in [-0.15, -0.1) is 11.8 Å². The van der Waals surface area contributed by atoms with Gasteiger partial charge in [-0.2, -0.15) is 0 Å². The average Bonchev–Trinajstić information content (AvgIpc) is 3.32. The van der Waals surface area contributed by atoms with Gasteiger partial charge in [0, 0.05) is 23.4 Å². The lowest BCUT2D eigenvalue weighted by Gasteiger charge is -2.33. The second kappa shape index (κ2) is 7.74. The minimum Gasteiger partial charge on any atom is -0.311 e. The zero-order valence-corrected chi connectivity index (χ0v) is 18.2. The molecule has 162 valence electrons. The van der Waals surface area contributed by atoms with Gasteiger partial charge in [-0.25, -0.2) is 8.78 Å². The molecule has 2 aliphatic rings. The van der Waals surface area contributed by atoms with E-state index in [4.69, 9.17) is 0 Å². The summed E-state index contributed by atoms with van der Waals surface area (Å²) >= 11 is 1.44. The number of anilines is 1. The highest BCUT2D eigenvalue weighted by Crippen LogP contribution is 2.55. The predicted octanol–water partition coefficient (Wildman–Crippen LogP) is 4.86. The van der Waals surface area contributed by atoms with Crippen molar-refractivity contribution >= 4 is 29.3 Å². The van der Waals surface area contributed by atoms with Crippen LogP contribution in [0.25, 0.3) is 0 Å². The normalized spacial score (nSPS) is 19.7. The average molecular weight is 451 g/mol. The number of thioether (sulfide) groups is 1. The molecule has 32 heavy (non-hydrogen) atoms. The lowest BCUT2D eigenvalue weighted by atomic mass is 10.0. The molecule has 0 saturated carbocycles. The summed E-state index contributed by atoms with van der Waals surface area (Å²) in [6, 6.07) is 17.2. The fraction of sp³-hybridized carbons (Fsp3) is 0.200. The van der Waals surface area contributed by atoms with Crippen molar-refractivity contribution in [3.05, 3.63) is 101 Å². The third-order valence-electron chi connectivity index (χ3n) is 5.94. The van der Waals surface area contributed by atoms with Gasteiger partial charge in [-0.05, 0) is 55.0 Å². The van der Waals surface area contributed by atoms with Crippen LogP contribution in [0.2, 0.25) is 0 Å². The minimum absolute atomic E-state index is 0.194. The quantitative estimate of drug-likeness (QED) is 0.572. The Bertz CT molecular complexity index is 1210. The number of amides is 2. The number of carbonyl (C=O) groups is 2. The number of carbonyl (C=O) groups excluding carboxylic acids is 2. The van der Waals surface area contributed by atoms with Crippen molar-refractivity contribution in [1.82, 2.24) is 4.90 Å². The summed E-state index contributed by atoms with van der Waals surface area (Å²) in [7, 11) is 0. The second-order valence-corrected chi connectivity index (χ2v) is 9.28. The molecule has 3 aromatic rings. The van der Waals surface area contributed by atoms with E-state index in [1.807, 2.05) is 25.1 Å². The van der Waals surface area contributed by atoms with Crippen LogP contribution in [0.5, 0.6) is 0 Å². The van der Waals surface area contributed by atoms with E-state index < -0.39 is 10.7 Å². The van der Waals surface area contributed by atoms with Gasteiger partial charge in [0.1, 0.15) is 11.6 Å². The van der Waals surface area contributed by atoms with Crippen molar-refractivity contribution in [2.45, 2.75) is 18.3 Å². The first-order valence-corrected chi connectivity index (χ1v) is 11.3. The zero-order chi connectivity index (χ0) is 22.5. The first kappa shape index (κ1) is 20.7. The van der Waals surface area contributed by atoms with Gasteiger partial charge in [0.05, 0.1) is 12.2 Å². The summed E-state index contributed by atoms with van der Waals surface area (Å²) in [4.78, 5) is 29.5. The van der Waals surface area contributed by atoms with Crippen molar-refractivity contribution in [2.75, 3.05) is 17.2 Å². The number of hydrogen-bond donors (Lipinski definition) is 0. The van der Waals surface area contributed by atoms with E-state index in [9.17, 15) is 18.4 Å². The van der Waals surface area contributed by atoms with Crippen LogP contribution in [-0.2, 0) is 16.2 Å². The first-order valence-electron chi connectivity index (χ1n) is 10.3. The lowest BCUT2D eigenvalue weighted by molar-refractivity contribution is -0.123. The Kier molecular flexibility index (Phi) is 5.01. The molecule has 0 unspecified atom stereocenters. The van der Waals surface area contributed by atoms with Crippen LogP contribution in [0, 0.1) is 18.6 Å². The molecule has 1 atom stereocenters. The monoisotopic (exact) mass is 450 g/mol. The van der Waals surface area contributed by atoms with Gasteiger partial charge < -0.3 is 9.80 Å². The summed E-state index contributed by atoms with van der Waals surface area (Å²) in [5, 5.41) is 0. The highest BCUT2D eigenvalue weighted by molar-refractivity contribution is 8.01. The number of benzene rings is 3. The van der Waals surface area contributed by atoms with E-state index >= 15 is 0 Å². The molecule has 1 spiro atoms. The molecular formula is C25H20F2N2O2S. The van der Waals surface area contributed by atoms with Gasteiger partial charge in [0.2, 0.25) is 0 Å². The Morgan fingerprint density at radius 1 is 1.00 bits per heavy atom. The molecule has 0 aliphatic carbocycles. The highest BCUT2D eigenvalue weighted by Gasteiger charge is 2.59. The second-order valence-electron chi connectivity index (χ2n) is 7.99. The number of hydrogen-bond acceptors (Lipinski definition) is 3. The molecule has 5 rings (SSSR count). The van der Waals surface area contributed by atoms with Gasteiger partial charge in [-0.3, -0.25) is 9.59 Å². The molecule has 1 fully saturated rings. The van der Waals surface area contributed by atoms with E-state index in [0.717, 1.165) is 22.4 Å². The molecule has 0 radical (unpaired) electrons. The van der Waals surface area contributed by atoms with Crippen LogP contribution in [0.3, 0.4) is 0 Å². The topological polar surface area (TPSA) is 40.6 Å². The van der Waals surface area contributed by atoms with E-state index in [1.54, 1.807) is 21.9 Å². The van der Waals surface area contributed by atoms with Crippen molar-refractivity contribution in [3.8, 4) is 0 Å². The Hall–Kier alpha value is -3.19. The van der Waals surface area contributed by atoms with E-state index in [1.165, 1.54) is 48.2 Å². The van der Waals surface area contributed by atoms with Crippen molar-refractivity contribution in [3.63, 3.8) is 0 Å². The SMILES string of the molecule is Cc1ccc2c(c1)[C@]1(SCCN1C(=O)c1ccc(F)cc1)C(=O)N2Cc1ccc(F)cc1. The smallest absolute Gasteiger partial charge is 0.268 e. The highest BCUT2D eigenvalue weighted by atomic mass is 32.2. The molecule has 7 heteroatoms. The molecule has 4 nitrogen and oxygen atoms in total. The van der Waals surface area contributed by atoms with E-state index in [2.05, 4.69) is 0 Å². The Morgan fingerprint density at radius 3 is 2.34 bits per heavy atom. The van der Waals surface area contributed by atoms with Crippen LogP contribution >= 0.6 is 11.8 Å². The van der Waals surface area contributed by atoms with Crippen molar-refractivity contribution < 1.29 is 18.4 Å². The van der Waals surface area contributed by atoms with Crippen LogP contribution < -0.4 is 4.90 Å². The lowest BCUT2D eigenvalue weighted by Crippen LogP contribution is -2.50. The molecule has 0 N–H and O–H groups in total. The number of fused-ring (bicyclic) bond motifs is 2. The maximum absolute atomic E-state index is 13.9. The Morgan fingerprint density at radius 2 is 1.66 bits per heavy atom. The number of halogens is 2. The summed E-state index contributed by atoms with van der Waals surface area (Å²) in [6.07, 6.45) is 0. The summed E-state index contributed by atoms with van der Waals surface area (Å²) in [5.74, 6) is -0.650. The van der Waals surface area contributed by atoms with Crippen LogP contribution in [0.15, 0.2) is 66.7 Å². The maximum atomic E-state index is 13.9. The zero-order valence-electron chi connectivity index (χ0n) is 17.3. The number of rotatable bonds is 3. The third kappa shape index (κ3) is 3.19. The standard InChI is InChI=1S/C25H20F2N2O2S/c1-16-2-11-22-21(14-16)25(24(31)28(22)15-17-3-7-19(26)8-4-17)29(12-13-32-25)23(30)18-5-9-20(27)10-6-18/h2-11,14H,12-13,15H2,1H3/t25-/m0/s1.